The summed E-state index contributed by atoms with van der Waals surface area (Å²) in [4.78, 5) is 23.6. The third-order valence-electron chi connectivity index (χ3n) is 6.26. The normalized spacial score (nSPS) is 16.9. The van der Waals surface area contributed by atoms with E-state index in [1.807, 2.05) is 19.1 Å². The summed E-state index contributed by atoms with van der Waals surface area (Å²) in [7, 11) is -3.51. The number of hydrogen-bond acceptors (Lipinski definition) is 7. The van der Waals surface area contributed by atoms with E-state index >= 15 is 0 Å². The molecule has 1 aliphatic heterocycles. The van der Waals surface area contributed by atoms with Gasteiger partial charge in [-0.2, -0.15) is 0 Å². The number of rotatable bonds is 8. The summed E-state index contributed by atoms with van der Waals surface area (Å²) in [6.45, 7) is 13.2. The molecule has 1 saturated heterocycles. The number of benzene rings is 1. The molecule has 35 heavy (non-hydrogen) atoms. The molecular weight excluding hydrogens is 466 g/mol. The highest BCUT2D eigenvalue weighted by atomic mass is 32.2. The minimum Gasteiger partial charge on any atom is -0.377 e. The van der Waals surface area contributed by atoms with Crippen molar-refractivity contribution in [2.24, 2.45) is 0 Å². The number of aromatic nitrogens is 2. The van der Waals surface area contributed by atoms with E-state index in [2.05, 4.69) is 22.5 Å². The number of carbonyl (C=O) groups is 1. The second-order valence-corrected chi connectivity index (χ2v) is 12.7. The fourth-order valence-electron chi connectivity index (χ4n) is 3.94. The molecular formula is C25H37N5O4S. The lowest BCUT2D eigenvalue weighted by atomic mass is 10.1. The van der Waals surface area contributed by atoms with Gasteiger partial charge in [-0.05, 0) is 65.3 Å². The van der Waals surface area contributed by atoms with Crippen LogP contribution in [0.25, 0.3) is 11.4 Å². The van der Waals surface area contributed by atoms with Gasteiger partial charge in [-0.3, -0.25) is 0 Å². The number of sulfone groups is 1. The topological polar surface area (TPSA) is 114 Å². The molecule has 3 rings (SSSR count). The Morgan fingerprint density at radius 3 is 2.51 bits per heavy atom. The molecule has 2 heterocycles. The number of morpholine rings is 1. The summed E-state index contributed by atoms with van der Waals surface area (Å²) < 4.78 is 30.8. The van der Waals surface area contributed by atoms with Crippen molar-refractivity contribution in [2.45, 2.75) is 64.0 Å². The first-order valence-electron chi connectivity index (χ1n) is 12.1. The molecule has 1 aromatic heterocycles. The lowest BCUT2D eigenvalue weighted by Crippen LogP contribution is -2.44. The average Bonchev–Trinajstić information content (AvgIpc) is 2.83. The van der Waals surface area contributed by atoms with Gasteiger partial charge in [0.2, 0.25) is 0 Å². The van der Waals surface area contributed by atoms with E-state index in [1.54, 1.807) is 45.9 Å². The van der Waals surface area contributed by atoms with Gasteiger partial charge in [-0.15, -0.1) is 0 Å². The predicted molar refractivity (Wildman–Crippen MR) is 139 cm³/mol. The molecule has 192 valence electrons. The van der Waals surface area contributed by atoms with Crippen LogP contribution in [0.3, 0.4) is 0 Å². The van der Waals surface area contributed by atoms with E-state index in [9.17, 15) is 13.2 Å². The van der Waals surface area contributed by atoms with Crippen molar-refractivity contribution in [2.75, 3.05) is 36.5 Å². The van der Waals surface area contributed by atoms with Gasteiger partial charge >= 0.3 is 6.03 Å². The Hall–Kier alpha value is -2.72. The number of urea groups is 1. The van der Waals surface area contributed by atoms with Gasteiger partial charge in [0.05, 0.1) is 30.2 Å². The number of ether oxygens (including phenoxy) is 1. The molecule has 0 aliphatic carbocycles. The van der Waals surface area contributed by atoms with Crippen LogP contribution in [0.5, 0.6) is 0 Å². The third kappa shape index (κ3) is 5.92. The number of amides is 2. The second-order valence-electron chi connectivity index (χ2n) is 9.61. The molecule has 0 radical (unpaired) electrons. The van der Waals surface area contributed by atoms with Gasteiger partial charge in [0, 0.05) is 30.4 Å². The Bertz CT molecular complexity index is 1130. The van der Waals surface area contributed by atoms with Crippen LogP contribution >= 0.6 is 0 Å². The fraction of sp³-hybridized carbons (Fsp3) is 0.560. The van der Waals surface area contributed by atoms with Crippen molar-refractivity contribution in [1.82, 2.24) is 15.3 Å². The maximum Gasteiger partial charge on any atom is 0.319 e. The largest absolute Gasteiger partial charge is 0.377 e. The fourth-order valence-corrected chi connectivity index (χ4v) is 5.51. The summed E-state index contributed by atoms with van der Waals surface area (Å²) in [5, 5.41) is 5.02. The summed E-state index contributed by atoms with van der Waals surface area (Å²) in [5.41, 5.74) is 1.82. The van der Waals surface area contributed by atoms with E-state index in [0.29, 0.717) is 49.3 Å². The second kappa shape index (κ2) is 10.9. The Morgan fingerprint density at radius 2 is 1.91 bits per heavy atom. The van der Waals surface area contributed by atoms with Crippen molar-refractivity contribution < 1.29 is 17.9 Å². The van der Waals surface area contributed by atoms with Crippen LogP contribution in [0.15, 0.2) is 30.3 Å². The number of nitrogens with one attached hydrogen (secondary N) is 2. The zero-order valence-corrected chi connectivity index (χ0v) is 22.3. The Labute approximate surface area is 208 Å². The van der Waals surface area contributed by atoms with Crippen molar-refractivity contribution >= 4 is 27.4 Å². The zero-order valence-electron chi connectivity index (χ0n) is 21.5. The number of carbonyl (C=O) groups excluding carboxylic acids is 1. The quantitative estimate of drug-likeness (QED) is 0.560. The van der Waals surface area contributed by atoms with Crippen molar-refractivity contribution in [1.29, 1.82) is 0 Å². The average molecular weight is 504 g/mol. The van der Waals surface area contributed by atoms with Crippen LogP contribution in [-0.2, 0) is 19.3 Å². The Morgan fingerprint density at radius 1 is 1.23 bits per heavy atom. The molecule has 9 nitrogen and oxygen atoms in total. The molecule has 0 spiro atoms. The molecule has 10 heteroatoms. The van der Waals surface area contributed by atoms with Gasteiger partial charge < -0.3 is 20.3 Å². The maximum absolute atomic E-state index is 13.2. The molecule has 0 unspecified atom stereocenters. The van der Waals surface area contributed by atoms with Crippen LogP contribution in [0.2, 0.25) is 0 Å². The SMILES string of the molecule is CCCNC(=O)Nc1ccc(-c2nc(N3CCOC[C@@H]3C)cc(C(C)(C)S(=O)(=O)C(C)C)n2)cc1. The molecule has 2 N–H and O–H groups in total. The molecule has 0 saturated carbocycles. The highest BCUT2D eigenvalue weighted by Gasteiger charge is 2.40. The van der Waals surface area contributed by atoms with Crippen molar-refractivity contribution in [3.63, 3.8) is 0 Å². The Kier molecular flexibility index (Phi) is 8.38. The molecule has 2 aromatic rings. The molecule has 0 bridgehead atoms. The van der Waals surface area contributed by atoms with Gasteiger partial charge in [-0.1, -0.05) is 6.92 Å². The first-order chi connectivity index (χ1) is 16.5. The first kappa shape index (κ1) is 26.9. The zero-order chi connectivity index (χ0) is 25.8. The Balaban J connectivity index is 2.03. The van der Waals surface area contributed by atoms with Crippen LogP contribution in [0, 0.1) is 0 Å². The standard InChI is InChI=1S/C25H37N5O4S/c1-7-12-26-24(31)27-20-10-8-19(9-11-20)23-28-21(25(5,6)35(32,33)17(2)3)15-22(29-23)30-13-14-34-16-18(30)4/h8-11,15,17-18H,7,12-14,16H2,1-6H3,(H2,26,27,31)/t18-/m0/s1. The first-order valence-corrected chi connectivity index (χ1v) is 13.6. The summed E-state index contributed by atoms with van der Waals surface area (Å²) in [6, 6.07) is 8.84. The molecule has 1 aromatic carbocycles. The highest BCUT2D eigenvalue weighted by molar-refractivity contribution is 7.92. The van der Waals surface area contributed by atoms with E-state index in [0.717, 1.165) is 12.0 Å². The van der Waals surface area contributed by atoms with Crippen molar-refractivity contribution in [3.8, 4) is 11.4 Å². The lowest BCUT2D eigenvalue weighted by molar-refractivity contribution is 0.0985. The third-order valence-corrected chi connectivity index (χ3v) is 9.13. The monoisotopic (exact) mass is 503 g/mol. The van der Waals surface area contributed by atoms with E-state index < -0.39 is 19.8 Å². The van der Waals surface area contributed by atoms with Crippen molar-refractivity contribution in [3.05, 3.63) is 36.0 Å². The molecule has 1 aliphatic rings. The lowest BCUT2D eigenvalue weighted by Gasteiger charge is -2.35. The van der Waals surface area contributed by atoms with E-state index in [-0.39, 0.29) is 12.1 Å². The molecule has 1 fully saturated rings. The number of nitrogens with zero attached hydrogens (tertiary/aromatic N) is 3. The van der Waals surface area contributed by atoms with Gasteiger partial charge in [0.15, 0.2) is 15.7 Å². The summed E-state index contributed by atoms with van der Waals surface area (Å²) in [6.07, 6.45) is 0.854. The van der Waals surface area contributed by atoms with Crippen LogP contribution < -0.4 is 15.5 Å². The van der Waals surface area contributed by atoms with Gasteiger partial charge in [0.1, 0.15) is 10.6 Å². The number of anilines is 2. The van der Waals surface area contributed by atoms with Crippen LogP contribution in [0.1, 0.15) is 53.7 Å². The molecule has 2 amide bonds. The minimum absolute atomic E-state index is 0.0948. The minimum atomic E-state index is -3.51. The van der Waals surface area contributed by atoms with E-state index in [4.69, 9.17) is 14.7 Å². The van der Waals surface area contributed by atoms with Crippen LogP contribution in [-0.4, -0.2) is 62.0 Å². The van der Waals surface area contributed by atoms with Gasteiger partial charge in [-0.25, -0.2) is 23.2 Å². The predicted octanol–water partition coefficient (Wildman–Crippen LogP) is 3.96. The summed E-state index contributed by atoms with van der Waals surface area (Å²) in [5.74, 6) is 1.11. The summed E-state index contributed by atoms with van der Waals surface area (Å²) >= 11 is 0. The maximum atomic E-state index is 13.2. The highest BCUT2D eigenvalue weighted by Crippen LogP contribution is 2.35. The number of hydrogen-bond donors (Lipinski definition) is 2. The van der Waals surface area contributed by atoms with E-state index in [1.165, 1.54) is 0 Å². The molecule has 1 atom stereocenters. The van der Waals surface area contributed by atoms with Gasteiger partial charge in [0.25, 0.3) is 0 Å². The van der Waals surface area contributed by atoms with Crippen LogP contribution in [0.4, 0.5) is 16.3 Å². The smallest absolute Gasteiger partial charge is 0.319 e.